The molecule has 0 atom stereocenters. The van der Waals surface area contributed by atoms with Crippen molar-refractivity contribution in [3.63, 3.8) is 0 Å². The van der Waals surface area contributed by atoms with Crippen LogP contribution in [0.3, 0.4) is 0 Å². The molecular formula is C11H18N2OS. The van der Waals surface area contributed by atoms with Gasteiger partial charge in [0.2, 0.25) is 0 Å². The van der Waals surface area contributed by atoms with Gasteiger partial charge in [0.15, 0.2) is 5.78 Å². The Morgan fingerprint density at radius 2 is 2.20 bits per heavy atom. The molecule has 0 aliphatic carbocycles. The quantitative estimate of drug-likeness (QED) is 0.759. The third-order valence-electron chi connectivity index (χ3n) is 2.64. The van der Waals surface area contributed by atoms with E-state index in [4.69, 9.17) is 5.73 Å². The van der Waals surface area contributed by atoms with E-state index < -0.39 is 0 Å². The molecule has 1 aromatic heterocycles. The standard InChI is InChI=1S/C11H18N2OS/c1-3-8(4-2)5-10(14)9-7-15-11(6-12)13-9/h7-8H,3-6,12H2,1-2H3. The summed E-state index contributed by atoms with van der Waals surface area (Å²) in [5.41, 5.74) is 6.04. The van der Waals surface area contributed by atoms with Crippen molar-refractivity contribution < 1.29 is 4.79 Å². The summed E-state index contributed by atoms with van der Waals surface area (Å²) in [4.78, 5) is 16.0. The minimum Gasteiger partial charge on any atom is -0.325 e. The maximum absolute atomic E-state index is 11.8. The minimum absolute atomic E-state index is 0.152. The lowest BCUT2D eigenvalue weighted by Crippen LogP contribution is -2.08. The molecule has 84 valence electrons. The molecule has 0 saturated carbocycles. The molecule has 0 aromatic carbocycles. The van der Waals surface area contributed by atoms with Crippen molar-refractivity contribution in [2.45, 2.75) is 39.7 Å². The Morgan fingerprint density at radius 1 is 1.53 bits per heavy atom. The highest BCUT2D eigenvalue weighted by atomic mass is 32.1. The van der Waals surface area contributed by atoms with Gasteiger partial charge in [0, 0.05) is 18.3 Å². The monoisotopic (exact) mass is 226 g/mol. The Balaban J connectivity index is 2.60. The number of rotatable bonds is 6. The highest BCUT2D eigenvalue weighted by Gasteiger charge is 2.14. The molecule has 0 saturated heterocycles. The summed E-state index contributed by atoms with van der Waals surface area (Å²) in [6.45, 7) is 4.66. The van der Waals surface area contributed by atoms with E-state index in [1.54, 1.807) is 0 Å². The smallest absolute Gasteiger partial charge is 0.182 e. The maximum atomic E-state index is 11.8. The number of nitrogens with zero attached hydrogens (tertiary/aromatic N) is 1. The summed E-state index contributed by atoms with van der Waals surface area (Å²) in [7, 11) is 0. The van der Waals surface area contributed by atoms with Crippen LogP contribution >= 0.6 is 11.3 Å². The van der Waals surface area contributed by atoms with Crippen LogP contribution in [-0.4, -0.2) is 10.8 Å². The molecule has 0 aliphatic heterocycles. The SMILES string of the molecule is CCC(CC)CC(=O)c1csc(CN)n1. The van der Waals surface area contributed by atoms with E-state index in [1.807, 2.05) is 5.38 Å². The molecular weight excluding hydrogens is 208 g/mol. The molecule has 0 unspecified atom stereocenters. The summed E-state index contributed by atoms with van der Waals surface area (Å²) >= 11 is 1.46. The van der Waals surface area contributed by atoms with E-state index in [0.717, 1.165) is 17.8 Å². The zero-order valence-corrected chi connectivity index (χ0v) is 10.1. The zero-order chi connectivity index (χ0) is 11.3. The molecule has 15 heavy (non-hydrogen) atoms. The Bertz CT molecular complexity index is 318. The van der Waals surface area contributed by atoms with Gasteiger partial charge in [-0.05, 0) is 5.92 Å². The van der Waals surface area contributed by atoms with Crippen LogP contribution in [0.25, 0.3) is 0 Å². The third kappa shape index (κ3) is 3.39. The lowest BCUT2D eigenvalue weighted by atomic mass is 9.96. The normalized spacial score (nSPS) is 10.9. The molecule has 2 N–H and O–H groups in total. The highest BCUT2D eigenvalue weighted by Crippen LogP contribution is 2.17. The van der Waals surface area contributed by atoms with E-state index in [1.165, 1.54) is 11.3 Å². The number of carbonyl (C=O) groups is 1. The molecule has 0 fully saturated rings. The van der Waals surface area contributed by atoms with Crippen molar-refractivity contribution >= 4 is 17.1 Å². The number of carbonyl (C=O) groups excluding carboxylic acids is 1. The first-order valence-corrected chi connectivity index (χ1v) is 6.26. The maximum Gasteiger partial charge on any atom is 0.182 e. The van der Waals surface area contributed by atoms with Crippen LogP contribution < -0.4 is 5.73 Å². The van der Waals surface area contributed by atoms with Crippen molar-refractivity contribution in [2.24, 2.45) is 11.7 Å². The second kappa shape index (κ2) is 5.98. The van der Waals surface area contributed by atoms with E-state index in [-0.39, 0.29) is 5.78 Å². The van der Waals surface area contributed by atoms with Crippen LogP contribution in [0.1, 0.15) is 48.6 Å². The van der Waals surface area contributed by atoms with Gasteiger partial charge in [-0.2, -0.15) is 0 Å². The molecule has 0 radical (unpaired) electrons. The third-order valence-corrected chi connectivity index (χ3v) is 3.51. The van der Waals surface area contributed by atoms with Crippen molar-refractivity contribution in [1.82, 2.24) is 4.98 Å². The molecule has 0 aliphatic rings. The predicted octanol–water partition coefficient (Wildman–Crippen LogP) is 2.61. The molecule has 1 rings (SSSR count). The van der Waals surface area contributed by atoms with Gasteiger partial charge in [0.05, 0.1) is 0 Å². The van der Waals surface area contributed by atoms with Crippen LogP contribution in [0.15, 0.2) is 5.38 Å². The van der Waals surface area contributed by atoms with Crippen LogP contribution in [0.2, 0.25) is 0 Å². The van der Waals surface area contributed by atoms with Crippen LogP contribution in [0.4, 0.5) is 0 Å². The van der Waals surface area contributed by atoms with Crippen LogP contribution in [0, 0.1) is 5.92 Å². The van der Waals surface area contributed by atoms with Crippen molar-refractivity contribution in [2.75, 3.05) is 0 Å². The number of aromatic nitrogens is 1. The Hall–Kier alpha value is -0.740. The first kappa shape index (κ1) is 12.3. The van der Waals surface area contributed by atoms with Crippen molar-refractivity contribution in [3.05, 3.63) is 16.1 Å². The number of hydrogen-bond acceptors (Lipinski definition) is 4. The van der Waals surface area contributed by atoms with Gasteiger partial charge in [-0.25, -0.2) is 4.98 Å². The molecule has 3 nitrogen and oxygen atoms in total. The average Bonchev–Trinajstić information content (AvgIpc) is 2.74. The Kier molecular flexibility index (Phi) is 4.91. The first-order chi connectivity index (χ1) is 7.21. The fourth-order valence-electron chi connectivity index (χ4n) is 1.48. The molecule has 0 spiro atoms. The van der Waals surface area contributed by atoms with E-state index in [2.05, 4.69) is 18.8 Å². The predicted molar refractivity (Wildman–Crippen MR) is 63.0 cm³/mol. The fourth-order valence-corrected chi connectivity index (χ4v) is 2.16. The minimum atomic E-state index is 0.152. The summed E-state index contributed by atoms with van der Waals surface area (Å²) in [5.74, 6) is 0.639. The molecule has 0 amide bonds. The Morgan fingerprint density at radius 3 is 2.67 bits per heavy atom. The number of hydrogen-bond donors (Lipinski definition) is 1. The fraction of sp³-hybridized carbons (Fsp3) is 0.636. The van der Waals surface area contributed by atoms with Gasteiger partial charge in [-0.3, -0.25) is 4.79 Å². The van der Waals surface area contributed by atoms with Crippen molar-refractivity contribution in [1.29, 1.82) is 0 Å². The Labute approximate surface area is 94.7 Å². The number of ketones is 1. The zero-order valence-electron chi connectivity index (χ0n) is 9.32. The van der Waals surface area contributed by atoms with Gasteiger partial charge in [-0.1, -0.05) is 26.7 Å². The summed E-state index contributed by atoms with van der Waals surface area (Å²) in [5, 5.41) is 2.65. The highest BCUT2D eigenvalue weighted by molar-refractivity contribution is 7.09. The number of nitrogens with two attached hydrogens (primary N) is 1. The van der Waals surface area contributed by atoms with Crippen LogP contribution in [0.5, 0.6) is 0 Å². The van der Waals surface area contributed by atoms with E-state index >= 15 is 0 Å². The van der Waals surface area contributed by atoms with Crippen LogP contribution in [-0.2, 0) is 6.54 Å². The van der Waals surface area contributed by atoms with Gasteiger partial charge in [0.1, 0.15) is 10.7 Å². The summed E-state index contributed by atoms with van der Waals surface area (Å²) in [6.07, 6.45) is 2.72. The molecule has 1 aromatic rings. The van der Waals surface area contributed by atoms with Crippen molar-refractivity contribution in [3.8, 4) is 0 Å². The molecule has 4 heteroatoms. The molecule has 1 heterocycles. The topological polar surface area (TPSA) is 56.0 Å². The van der Waals surface area contributed by atoms with Gasteiger partial charge in [0.25, 0.3) is 0 Å². The second-order valence-electron chi connectivity index (χ2n) is 3.64. The van der Waals surface area contributed by atoms with Gasteiger partial charge in [-0.15, -0.1) is 11.3 Å². The van der Waals surface area contributed by atoms with E-state index in [0.29, 0.717) is 24.6 Å². The summed E-state index contributed by atoms with van der Waals surface area (Å²) < 4.78 is 0. The summed E-state index contributed by atoms with van der Waals surface area (Å²) in [6, 6.07) is 0. The van der Waals surface area contributed by atoms with Gasteiger partial charge < -0.3 is 5.73 Å². The number of Topliss-reactive ketones (excluding diaryl/α,β-unsaturated/α-hetero) is 1. The molecule has 0 bridgehead atoms. The lowest BCUT2D eigenvalue weighted by molar-refractivity contribution is 0.0954. The van der Waals surface area contributed by atoms with E-state index in [9.17, 15) is 4.79 Å². The number of thiazole rings is 1. The average molecular weight is 226 g/mol. The largest absolute Gasteiger partial charge is 0.325 e. The van der Waals surface area contributed by atoms with Gasteiger partial charge >= 0.3 is 0 Å². The second-order valence-corrected chi connectivity index (χ2v) is 4.58. The lowest BCUT2D eigenvalue weighted by Gasteiger charge is -2.09. The first-order valence-electron chi connectivity index (χ1n) is 5.38.